The maximum atomic E-state index is 13.3. The van der Waals surface area contributed by atoms with Crippen molar-refractivity contribution in [3.8, 4) is 5.75 Å². The third-order valence-electron chi connectivity index (χ3n) is 12.6. The second-order valence-corrected chi connectivity index (χ2v) is 17.0. The van der Waals surface area contributed by atoms with E-state index in [0.717, 1.165) is 76.6 Å². The van der Waals surface area contributed by atoms with Crippen molar-refractivity contribution in [3.63, 3.8) is 0 Å². The normalized spacial score (nSPS) is 30.8. The molecule has 0 bridgehead atoms. The molecule has 48 heavy (non-hydrogen) atoms. The molecule has 2 heterocycles. The molecular formula is C36H48F5NO5S. The average Bonchev–Trinajstić information content (AvgIpc) is 3.34. The van der Waals surface area contributed by atoms with Gasteiger partial charge in [0.25, 0.3) is 0 Å². The van der Waals surface area contributed by atoms with Crippen LogP contribution in [0.1, 0.15) is 101 Å². The summed E-state index contributed by atoms with van der Waals surface area (Å²) >= 11 is 0. The summed E-state index contributed by atoms with van der Waals surface area (Å²) in [5.74, 6) is -2.95. The Morgan fingerprint density at radius 1 is 1.02 bits per heavy atom. The van der Waals surface area contributed by atoms with Gasteiger partial charge in [-0.05, 0) is 123 Å². The van der Waals surface area contributed by atoms with Crippen molar-refractivity contribution >= 4 is 22.7 Å². The van der Waals surface area contributed by atoms with Gasteiger partial charge in [-0.25, -0.2) is 4.79 Å². The van der Waals surface area contributed by atoms with Gasteiger partial charge in [0.15, 0.2) is 0 Å². The lowest BCUT2D eigenvalue weighted by Crippen LogP contribution is -2.46. The SMILES string of the molecule is C[C@]12CC[C@@H]3c4ccc(OC(=O)N5CCC6(CCOCC6)CC5)cc4C[C@@H](CCCS(=O)CCCC(F)(F)C(F)(F)F)[C@H]3[C@@H]1CCC2=O. The molecule has 2 saturated carbocycles. The van der Waals surface area contributed by atoms with E-state index in [9.17, 15) is 35.8 Å². The highest BCUT2D eigenvalue weighted by Crippen LogP contribution is 2.61. The minimum atomic E-state index is -5.60. The van der Waals surface area contributed by atoms with Crippen molar-refractivity contribution in [1.29, 1.82) is 0 Å². The summed E-state index contributed by atoms with van der Waals surface area (Å²) < 4.78 is 88.2. The zero-order valence-electron chi connectivity index (χ0n) is 27.8. The highest BCUT2D eigenvalue weighted by atomic mass is 32.2. The minimum absolute atomic E-state index is 0.188. The fourth-order valence-corrected chi connectivity index (χ4v) is 10.9. The number of halogens is 5. The number of nitrogens with zero attached hydrogens (tertiary/aromatic N) is 1. The summed E-state index contributed by atoms with van der Waals surface area (Å²) in [6.07, 6.45) is 1.36. The Balaban J connectivity index is 1.10. The molecule has 6 atom stereocenters. The molecule has 1 spiro atoms. The van der Waals surface area contributed by atoms with E-state index in [0.29, 0.717) is 37.5 Å². The van der Waals surface area contributed by atoms with Crippen LogP contribution in [0.4, 0.5) is 26.7 Å². The summed E-state index contributed by atoms with van der Waals surface area (Å²) in [5.41, 5.74) is 2.28. The lowest BCUT2D eigenvalue weighted by molar-refractivity contribution is -0.284. The first-order valence-corrected chi connectivity index (χ1v) is 19.2. The zero-order chi connectivity index (χ0) is 34.3. The summed E-state index contributed by atoms with van der Waals surface area (Å²) in [6, 6.07) is 5.95. The molecule has 4 fully saturated rings. The van der Waals surface area contributed by atoms with Gasteiger partial charge in [0.2, 0.25) is 0 Å². The molecule has 1 amide bonds. The van der Waals surface area contributed by atoms with Crippen LogP contribution >= 0.6 is 0 Å². The van der Waals surface area contributed by atoms with Gasteiger partial charge in [0.1, 0.15) is 11.5 Å². The molecule has 1 aromatic carbocycles. The van der Waals surface area contributed by atoms with Crippen LogP contribution in [0.3, 0.4) is 0 Å². The molecule has 12 heteroatoms. The maximum absolute atomic E-state index is 13.3. The number of hydrogen-bond donors (Lipinski definition) is 0. The second kappa shape index (κ2) is 13.9. The molecule has 2 aliphatic heterocycles. The number of carbonyl (C=O) groups excluding carboxylic acids is 2. The largest absolute Gasteiger partial charge is 0.453 e. The number of amides is 1. The molecule has 0 aromatic heterocycles. The number of likely N-dealkylation sites (tertiary alicyclic amines) is 1. The van der Waals surface area contributed by atoms with Crippen molar-refractivity contribution in [2.24, 2.45) is 28.6 Å². The zero-order valence-corrected chi connectivity index (χ0v) is 28.6. The Morgan fingerprint density at radius 3 is 2.44 bits per heavy atom. The fraction of sp³-hybridized carbons (Fsp3) is 0.778. The summed E-state index contributed by atoms with van der Waals surface area (Å²) in [5, 5.41) is 0. The van der Waals surface area contributed by atoms with Crippen LogP contribution in [-0.4, -0.2) is 70.9 Å². The van der Waals surface area contributed by atoms with Gasteiger partial charge >= 0.3 is 18.2 Å². The lowest BCUT2D eigenvalue weighted by atomic mass is 9.52. The summed E-state index contributed by atoms with van der Waals surface area (Å²) in [4.78, 5) is 28.0. The second-order valence-electron chi connectivity index (χ2n) is 15.3. The first-order valence-electron chi connectivity index (χ1n) is 17.7. The monoisotopic (exact) mass is 701 g/mol. The van der Waals surface area contributed by atoms with E-state index in [2.05, 4.69) is 13.0 Å². The number of fused-ring (bicyclic) bond motifs is 5. The number of alkyl halides is 5. The van der Waals surface area contributed by atoms with Crippen molar-refractivity contribution < 1.29 is 45.2 Å². The number of Topliss-reactive ketones (excluding diaryl/α,β-unsaturated/α-hetero) is 1. The molecule has 1 unspecified atom stereocenters. The smallest absolute Gasteiger partial charge is 0.410 e. The van der Waals surface area contributed by atoms with Crippen molar-refractivity contribution in [2.45, 2.75) is 108 Å². The van der Waals surface area contributed by atoms with Crippen LogP contribution in [0.5, 0.6) is 5.75 Å². The molecule has 268 valence electrons. The first-order chi connectivity index (χ1) is 22.7. The summed E-state index contributed by atoms with van der Waals surface area (Å²) in [6.45, 7) is 5.00. The number of rotatable bonds is 9. The predicted octanol–water partition coefficient (Wildman–Crippen LogP) is 8.24. The van der Waals surface area contributed by atoms with E-state index in [1.54, 1.807) is 4.90 Å². The number of benzene rings is 1. The third-order valence-corrected chi connectivity index (χ3v) is 14.1. The topological polar surface area (TPSA) is 72.9 Å². The van der Waals surface area contributed by atoms with E-state index < -0.39 is 35.7 Å². The van der Waals surface area contributed by atoms with Crippen LogP contribution in [0, 0.1) is 28.6 Å². The Labute approximate surface area is 282 Å². The van der Waals surface area contributed by atoms with Crippen LogP contribution in [0.15, 0.2) is 18.2 Å². The number of ether oxygens (including phenoxy) is 2. The molecule has 0 radical (unpaired) electrons. The number of hydrogen-bond acceptors (Lipinski definition) is 5. The molecule has 5 aliphatic rings. The molecule has 0 N–H and O–H groups in total. The van der Waals surface area contributed by atoms with Crippen LogP contribution in [0.25, 0.3) is 0 Å². The quantitative estimate of drug-likeness (QED) is 0.243. The fourth-order valence-electron chi connectivity index (χ4n) is 9.72. The lowest BCUT2D eigenvalue weighted by Gasteiger charge is -2.51. The van der Waals surface area contributed by atoms with E-state index in [1.165, 1.54) is 5.56 Å². The van der Waals surface area contributed by atoms with Gasteiger partial charge in [-0.2, -0.15) is 22.0 Å². The van der Waals surface area contributed by atoms with Gasteiger partial charge in [-0.1, -0.05) is 13.0 Å². The number of carbonyl (C=O) groups is 2. The molecule has 2 saturated heterocycles. The highest BCUT2D eigenvalue weighted by molar-refractivity contribution is 7.84. The van der Waals surface area contributed by atoms with Crippen molar-refractivity contribution in [2.75, 3.05) is 37.8 Å². The minimum Gasteiger partial charge on any atom is -0.410 e. The molecular weight excluding hydrogens is 653 g/mol. The summed E-state index contributed by atoms with van der Waals surface area (Å²) in [7, 11) is -1.50. The maximum Gasteiger partial charge on any atom is 0.453 e. The van der Waals surface area contributed by atoms with E-state index in [4.69, 9.17) is 9.47 Å². The molecule has 6 nitrogen and oxygen atoms in total. The van der Waals surface area contributed by atoms with Gasteiger partial charge in [0, 0.05) is 66.9 Å². The van der Waals surface area contributed by atoms with Gasteiger partial charge in [0.05, 0.1) is 0 Å². The van der Waals surface area contributed by atoms with Crippen LogP contribution < -0.4 is 4.74 Å². The van der Waals surface area contributed by atoms with E-state index >= 15 is 0 Å². The standard InChI is InChI=1S/C36H48F5NO5S/c1-33-11-9-28-27-6-5-26(47-32(44)42-16-12-34(13-17-42)14-18-46-19-15-34)23-25(27)22-24(31(28)29(33)7-8-30(33)43)4-2-20-48(45)21-3-10-35(37,38)36(39,40)41/h5-6,23-24,28-29,31H,2-4,7-22H2,1H3/t24-,28-,29+,31-,33+,48?/m1/s1. The molecule has 6 rings (SSSR count). The van der Waals surface area contributed by atoms with Gasteiger partial charge < -0.3 is 14.4 Å². The van der Waals surface area contributed by atoms with E-state index in [1.807, 2.05) is 12.1 Å². The number of piperidine rings is 1. The van der Waals surface area contributed by atoms with Crippen molar-refractivity contribution in [1.82, 2.24) is 4.90 Å². The Hall–Kier alpha value is -2.08. The number of ketones is 1. The Kier molecular flexibility index (Phi) is 10.4. The third kappa shape index (κ3) is 7.21. The molecule has 3 aliphatic carbocycles. The Bertz CT molecular complexity index is 1370. The predicted molar refractivity (Wildman–Crippen MR) is 172 cm³/mol. The Morgan fingerprint density at radius 2 is 1.73 bits per heavy atom. The van der Waals surface area contributed by atoms with Gasteiger partial charge in [-0.15, -0.1) is 0 Å². The van der Waals surface area contributed by atoms with Crippen molar-refractivity contribution in [3.05, 3.63) is 29.3 Å². The van der Waals surface area contributed by atoms with Crippen LogP contribution in [-0.2, 0) is 26.8 Å². The first kappa shape index (κ1) is 35.7. The van der Waals surface area contributed by atoms with Crippen LogP contribution in [0.2, 0.25) is 0 Å². The van der Waals surface area contributed by atoms with Gasteiger partial charge in [-0.3, -0.25) is 9.00 Å². The molecule has 1 aromatic rings. The highest BCUT2D eigenvalue weighted by Gasteiger charge is 2.57. The average molecular weight is 702 g/mol. The van der Waals surface area contributed by atoms with E-state index in [-0.39, 0.29) is 52.1 Å².